The van der Waals surface area contributed by atoms with E-state index in [-0.39, 0.29) is 46.9 Å². The zero-order chi connectivity index (χ0) is 33.8. The monoisotopic (exact) mass is 642 g/mol. The minimum Gasteiger partial charge on any atom is -0.453 e. The maximum atomic E-state index is 14.4. The Labute approximate surface area is 278 Å². The van der Waals surface area contributed by atoms with Crippen molar-refractivity contribution in [2.75, 3.05) is 24.7 Å². The maximum Gasteiger partial charge on any atom is 0.407 e. The molecule has 4 aliphatic rings. The Balaban J connectivity index is 1.22. The largest absolute Gasteiger partial charge is 0.453 e. The maximum absolute atomic E-state index is 14.4. The number of nitrogens with two attached hydrogens (primary N) is 1. The van der Waals surface area contributed by atoms with Crippen LogP contribution in [0, 0.1) is 22.7 Å². The number of amides is 4. The van der Waals surface area contributed by atoms with Crippen LogP contribution in [0.4, 0.5) is 16.2 Å². The van der Waals surface area contributed by atoms with Gasteiger partial charge >= 0.3 is 6.09 Å². The van der Waals surface area contributed by atoms with Crippen LogP contribution in [-0.4, -0.2) is 37.5 Å². The van der Waals surface area contributed by atoms with Gasteiger partial charge in [-0.1, -0.05) is 52.7 Å². The van der Waals surface area contributed by atoms with Gasteiger partial charge in [-0.3, -0.25) is 19.7 Å². The molecule has 9 heteroatoms. The normalized spacial score (nSPS) is 32.4. The highest BCUT2D eigenvalue weighted by atomic mass is 16.5. The molecule has 6 rings (SSSR count). The van der Waals surface area contributed by atoms with E-state index in [9.17, 15) is 19.2 Å². The number of nitrogen functional groups attached to an aromatic ring is 1. The number of benzene rings is 2. The number of nitrogens with one attached hydrogen (secondary N) is 3. The van der Waals surface area contributed by atoms with Gasteiger partial charge in [-0.15, -0.1) is 0 Å². The van der Waals surface area contributed by atoms with E-state index < -0.39 is 16.9 Å². The highest BCUT2D eigenvalue weighted by Gasteiger charge is 2.58. The van der Waals surface area contributed by atoms with Crippen molar-refractivity contribution in [3.63, 3.8) is 0 Å². The summed E-state index contributed by atoms with van der Waals surface area (Å²) in [5.74, 6) is -0.495. The Morgan fingerprint density at radius 3 is 1.87 bits per heavy atom. The molecule has 2 fully saturated rings. The number of aryl methyl sites for hydroxylation is 2. The number of imide groups is 1. The molecule has 0 spiro atoms. The molecule has 2 aromatic rings. The molecule has 0 radical (unpaired) electrons. The molecule has 5 N–H and O–H groups in total. The number of hydrogen-bond donors (Lipinski definition) is 4. The second-order valence-electron chi connectivity index (χ2n) is 15.5. The number of methoxy groups -OCH3 is 1. The molecule has 6 atom stereocenters. The topological polar surface area (TPSA) is 140 Å². The molecule has 0 heterocycles. The van der Waals surface area contributed by atoms with E-state index in [0.717, 1.165) is 75.5 Å². The van der Waals surface area contributed by atoms with E-state index in [1.165, 1.54) is 23.8 Å². The Kier molecular flexibility index (Phi) is 8.42. The van der Waals surface area contributed by atoms with Crippen LogP contribution in [0.1, 0.15) is 101 Å². The molecule has 0 bridgehead atoms. The minimum absolute atomic E-state index is 0.0324. The van der Waals surface area contributed by atoms with E-state index in [0.29, 0.717) is 5.69 Å². The average molecular weight is 643 g/mol. The van der Waals surface area contributed by atoms with Crippen molar-refractivity contribution in [3.8, 4) is 0 Å². The Morgan fingerprint density at radius 1 is 0.787 bits per heavy atom. The number of rotatable bonds is 5. The lowest BCUT2D eigenvalue weighted by molar-refractivity contribution is -0.150. The van der Waals surface area contributed by atoms with Crippen molar-refractivity contribution in [2.45, 2.75) is 103 Å². The third-order valence-electron chi connectivity index (χ3n) is 12.9. The van der Waals surface area contributed by atoms with Crippen molar-refractivity contribution in [1.29, 1.82) is 0 Å². The van der Waals surface area contributed by atoms with Gasteiger partial charge < -0.3 is 21.1 Å². The van der Waals surface area contributed by atoms with Crippen LogP contribution in [0.25, 0.3) is 0 Å². The van der Waals surface area contributed by atoms with Crippen LogP contribution < -0.4 is 21.7 Å². The van der Waals surface area contributed by atoms with E-state index >= 15 is 0 Å². The molecular weight excluding hydrogens is 592 g/mol. The fourth-order valence-electron chi connectivity index (χ4n) is 10.4. The standard InChI is InChI=1S/C38H50N4O5/c1-35-16-6-18-37(3,29(35)14-10-23-8-12-25(39)20-27(23)35)32(44)42-33(45)38(4)19-7-17-36(2)28-21-26(13-9-24(28)11-15-30(36)38)41-31(43)22-40-34(46)47-5/h8-9,12-13,20-21,29-30H,6-7,10-11,14-19,22,39H2,1-5H3,(H,40,46)(H,41,43)(H,42,44,45)/t29-,30-,35-,36-,37+,38+/m1/s1. The van der Waals surface area contributed by atoms with Gasteiger partial charge in [-0.05, 0) is 121 Å². The average Bonchev–Trinajstić information content (AvgIpc) is 3.03. The van der Waals surface area contributed by atoms with Crippen molar-refractivity contribution in [2.24, 2.45) is 22.7 Å². The van der Waals surface area contributed by atoms with Gasteiger partial charge in [0.1, 0.15) is 6.54 Å². The van der Waals surface area contributed by atoms with Gasteiger partial charge in [0.05, 0.1) is 17.9 Å². The Morgan fingerprint density at radius 2 is 1.32 bits per heavy atom. The molecule has 9 nitrogen and oxygen atoms in total. The number of hydrogen-bond acceptors (Lipinski definition) is 6. The number of anilines is 2. The quantitative estimate of drug-likeness (QED) is 0.236. The van der Waals surface area contributed by atoms with Gasteiger partial charge in [-0.2, -0.15) is 0 Å². The predicted octanol–water partition coefficient (Wildman–Crippen LogP) is 5.93. The number of fused-ring (bicyclic) bond motifs is 6. The van der Waals surface area contributed by atoms with E-state index in [1.54, 1.807) is 0 Å². The molecule has 252 valence electrons. The molecule has 0 aliphatic heterocycles. The molecule has 2 aromatic carbocycles. The molecule has 2 saturated carbocycles. The summed E-state index contributed by atoms with van der Waals surface area (Å²) in [5, 5.41) is 8.32. The smallest absolute Gasteiger partial charge is 0.407 e. The van der Waals surface area contributed by atoms with Gasteiger partial charge in [0.15, 0.2) is 0 Å². The summed E-state index contributed by atoms with van der Waals surface area (Å²) in [7, 11) is 1.25. The fraction of sp³-hybridized carbons (Fsp3) is 0.579. The summed E-state index contributed by atoms with van der Waals surface area (Å²) in [6.07, 6.45) is 8.03. The van der Waals surface area contributed by atoms with Crippen LogP contribution in [0.15, 0.2) is 36.4 Å². The van der Waals surface area contributed by atoms with Crippen LogP contribution >= 0.6 is 0 Å². The Bertz CT molecular complexity index is 1620. The number of ether oxygens (including phenoxy) is 1. The van der Waals surface area contributed by atoms with Gasteiger partial charge in [-0.25, -0.2) is 4.79 Å². The lowest BCUT2D eigenvalue weighted by atomic mass is 9.49. The third kappa shape index (κ3) is 5.49. The third-order valence-corrected chi connectivity index (χ3v) is 12.9. The lowest BCUT2D eigenvalue weighted by Crippen LogP contribution is -2.60. The molecule has 0 unspecified atom stereocenters. The summed E-state index contributed by atoms with van der Waals surface area (Å²) in [6, 6.07) is 12.2. The summed E-state index contributed by atoms with van der Waals surface area (Å²) < 4.78 is 4.56. The summed E-state index contributed by atoms with van der Waals surface area (Å²) in [5.41, 5.74) is 10.8. The van der Waals surface area contributed by atoms with Crippen LogP contribution in [-0.2, 0) is 42.8 Å². The summed E-state index contributed by atoms with van der Waals surface area (Å²) in [6.45, 7) is 8.47. The molecule has 0 saturated heterocycles. The van der Waals surface area contributed by atoms with Crippen LogP contribution in [0.3, 0.4) is 0 Å². The molecule has 0 aromatic heterocycles. The van der Waals surface area contributed by atoms with Gasteiger partial charge in [0.2, 0.25) is 17.7 Å². The summed E-state index contributed by atoms with van der Waals surface area (Å²) in [4.78, 5) is 52.7. The predicted molar refractivity (Wildman–Crippen MR) is 182 cm³/mol. The van der Waals surface area contributed by atoms with Crippen LogP contribution in [0.5, 0.6) is 0 Å². The highest BCUT2D eigenvalue weighted by molar-refractivity contribution is 6.01. The van der Waals surface area contributed by atoms with Crippen molar-refractivity contribution in [3.05, 3.63) is 58.7 Å². The fourth-order valence-corrected chi connectivity index (χ4v) is 10.4. The van der Waals surface area contributed by atoms with Crippen molar-refractivity contribution < 1.29 is 23.9 Å². The molecule has 4 amide bonds. The number of carbonyl (C=O) groups excluding carboxylic acids is 4. The zero-order valence-electron chi connectivity index (χ0n) is 28.5. The first-order valence-corrected chi connectivity index (χ1v) is 17.2. The van der Waals surface area contributed by atoms with Crippen LogP contribution in [0.2, 0.25) is 0 Å². The van der Waals surface area contributed by atoms with Gasteiger partial charge in [0.25, 0.3) is 0 Å². The van der Waals surface area contributed by atoms with Gasteiger partial charge in [0, 0.05) is 11.4 Å². The molecule has 4 aliphatic carbocycles. The number of carbonyl (C=O) groups is 4. The molecule has 47 heavy (non-hydrogen) atoms. The first-order valence-electron chi connectivity index (χ1n) is 17.2. The number of alkyl carbamates (subject to hydrolysis) is 1. The second-order valence-corrected chi connectivity index (χ2v) is 15.5. The highest BCUT2D eigenvalue weighted by Crippen LogP contribution is 2.59. The summed E-state index contributed by atoms with van der Waals surface area (Å²) >= 11 is 0. The first-order chi connectivity index (χ1) is 22.2. The zero-order valence-corrected chi connectivity index (χ0v) is 28.5. The molecular formula is C38H50N4O5. The van der Waals surface area contributed by atoms with E-state index in [2.05, 4.69) is 66.6 Å². The Hall–Kier alpha value is -3.88. The van der Waals surface area contributed by atoms with Crippen molar-refractivity contribution in [1.82, 2.24) is 10.6 Å². The van der Waals surface area contributed by atoms with E-state index in [4.69, 9.17) is 5.73 Å². The first kappa shape index (κ1) is 33.0. The van der Waals surface area contributed by atoms with Crippen molar-refractivity contribution >= 4 is 35.2 Å². The SMILES string of the molecule is COC(=O)NCC(=O)Nc1ccc2c(c1)[C@@]1(C)CCC[C@](C)(C(=O)NC(=O)[C@@]3(C)CCC[C@]4(C)c5cc(N)ccc5CC[C@@H]34)[C@@H]1CC2. The van der Waals surface area contributed by atoms with E-state index in [1.807, 2.05) is 18.2 Å². The lowest BCUT2D eigenvalue weighted by Gasteiger charge is -2.56. The minimum atomic E-state index is -0.716. The second kappa shape index (κ2) is 12.0.